The Morgan fingerprint density at radius 3 is 2.60 bits per heavy atom. The first-order chi connectivity index (χ1) is 7.02. The number of Topliss-reactive ketones (excluding diaryl/α,β-unsaturated/α-hetero) is 1. The van der Waals surface area contributed by atoms with Gasteiger partial charge in [0, 0.05) is 11.1 Å². The van der Waals surface area contributed by atoms with Gasteiger partial charge in [-0.3, -0.25) is 9.59 Å². The van der Waals surface area contributed by atoms with Gasteiger partial charge in [-0.25, -0.2) is 0 Å². The summed E-state index contributed by atoms with van der Waals surface area (Å²) in [6, 6.07) is 3.05. The zero-order valence-corrected chi connectivity index (χ0v) is 8.76. The van der Waals surface area contributed by atoms with Crippen molar-refractivity contribution in [1.29, 1.82) is 0 Å². The molecule has 0 atom stereocenters. The molecular weight excluding hydrogens is 214 g/mol. The first kappa shape index (κ1) is 9.93. The number of carbonyl (C=O) groups excluding carboxylic acids is 2. The molecule has 0 bridgehead atoms. The van der Waals surface area contributed by atoms with Crippen LogP contribution in [0.25, 0.3) is 0 Å². The Bertz CT molecular complexity index is 518. The van der Waals surface area contributed by atoms with Crippen molar-refractivity contribution in [1.82, 2.24) is 0 Å². The molecule has 0 aliphatic heterocycles. The summed E-state index contributed by atoms with van der Waals surface area (Å²) in [6.07, 6.45) is 1.32. The molecule has 0 aromatic heterocycles. The van der Waals surface area contributed by atoms with Crippen molar-refractivity contribution in [2.45, 2.75) is 6.92 Å². The topological polar surface area (TPSA) is 60.2 Å². The van der Waals surface area contributed by atoms with Crippen molar-refractivity contribution in [2.75, 3.05) is 5.73 Å². The smallest absolute Gasteiger partial charge is 0.191 e. The number of carbonyl (C=O) groups is 2. The average Bonchev–Trinajstić information content (AvgIpc) is 2.19. The lowest BCUT2D eigenvalue weighted by atomic mass is 9.89. The highest BCUT2D eigenvalue weighted by Gasteiger charge is 2.26. The largest absolute Gasteiger partial charge is 0.397 e. The van der Waals surface area contributed by atoms with Crippen LogP contribution < -0.4 is 5.73 Å². The van der Waals surface area contributed by atoms with Gasteiger partial charge in [-0.1, -0.05) is 11.6 Å². The van der Waals surface area contributed by atoms with Crippen molar-refractivity contribution in [2.24, 2.45) is 0 Å². The number of fused-ring (bicyclic) bond motifs is 1. The SMILES string of the molecule is CC1=CC(=O)c2ccc(Cl)c(N)c2C1=O. The third kappa shape index (κ3) is 1.36. The molecule has 4 heteroatoms. The molecule has 1 aromatic rings. The Labute approximate surface area is 91.5 Å². The van der Waals surface area contributed by atoms with Crippen LogP contribution in [-0.4, -0.2) is 11.6 Å². The van der Waals surface area contributed by atoms with E-state index < -0.39 is 0 Å². The number of nitrogens with two attached hydrogens (primary N) is 1. The third-order valence-corrected chi connectivity index (χ3v) is 2.72. The van der Waals surface area contributed by atoms with Crippen LogP contribution in [-0.2, 0) is 0 Å². The van der Waals surface area contributed by atoms with E-state index in [1.807, 2.05) is 0 Å². The number of ketones is 2. The van der Waals surface area contributed by atoms with E-state index in [0.717, 1.165) is 0 Å². The Morgan fingerprint density at radius 1 is 1.27 bits per heavy atom. The summed E-state index contributed by atoms with van der Waals surface area (Å²) >= 11 is 5.80. The Hall–Kier alpha value is -1.61. The second-order valence-electron chi connectivity index (χ2n) is 3.40. The van der Waals surface area contributed by atoms with Crippen LogP contribution in [0.1, 0.15) is 27.6 Å². The first-order valence-corrected chi connectivity index (χ1v) is 4.75. The molecule has 15 heavy (non-hydrogen) atoms. The summed E-state index contributed by atoms with van der Waals surface area (Å²) in [7, 11) is 0. The molecular formula is C11H8ClNO2. The van der Waals surface area contributed by atoms with Gasteiger partial charge in [0.1, 0.15) is 0 Å². The lowest BCUT2D eigenvalue weighted by molar-refractivity contribution is 0.0985. The predicted octanol–water partition coefficient (Wildman–Crippen LogP) is 2.25. The van der Waals surface area contributed by atoms with E-state index in [1.165, 1.54) is 18.2 Å². The van der Waals surface area contributed by atoms with Gasteiger partial charge in [0.25, 0.3) is 0 Å². The molecule has 0 saturated heterocycles. The Kier molecular flexibility index (Phi) is 2.12. The lowest BCUT2D eigenvalue weighted by Crippen LogP contribution is -2.17. The van der Waals surface area contributed by atoms with Crippen LogP contribution in [0, 0.1) is 0 Å². The van der Waals surface area contributed by atoms with Gasteiger partial charge in [-0.2, -0.15) is 0 Å². The van der Waals surface area contributed by atoms with E-state index in [9.17, 15) is 9.59 Å². The van der Waals surface area contributed by atoms with E-state index in [0.29, 0.717) is 16.2 Å². The summed E-state index contributed by atoms with van der Waals surface area (Å²) in [6.45, 7) is 1.59. The van der Waals surface area contributed by atoms with Crippen molar-refractivity contribution >= 4 is 28.9 Å². The maximum atomic E-state index is 11.8. The van der Waals surface area contributed by atoms with Crippen LogP contribution in [0.15, 0.2) is 23.8 Å². The minimum Gasteiger partial charge on any atom is -0.397 e. The van der Waals surface area contributed by atoms with Crippen molar-refractivity contribution in [3.05, 3.63) is 39.9 Å². The maximum absolute atomic E-state index is 11.8. The molecule has 1 aliphatic carbocycles. The van der Waals surface area contributed by atoms with Crippen LogP contribution in [0.5, 0.6) is 0 Å². The second-order valence-corrected chi connectivity index (χ2v) is 3.81. The zero-order chi connectivity index (χ0) is 11.2. The number of halogens is 1. The summed E-state index contributed by atoms with van der Waals surface area (Å²) < 4.78 is 0. The van der Waals surface area contributed by atoms with Gasteiger partial charge in [-0.15, -0.1) is 0 Å². The van der Waals surface area contributed by atoms with Crippen LogP contribution in [0.3, 0.4) is 0 Å². The molecule has 0 spiro atoms. The molecule has 76 valence electrons. The number of rotatable bonds is 0. The Balaban J connectivity index is 2.79. The number of hydrogen-bond acceptors (Lipinski definition) is 3. The fourth-order valence-corrected chi connectivity index (χ4v) is 1.74. The average molecular weight is 222 g/mol. The van der Waals surface area contributed by atoms with E-state index in [-0.39, 0.29) is 22.8 Å². The highest BCUT2D eigenvalue weighted by atomic mass is 35.5. The number of allylic oxidation sites excluding steroid dienone is 2. The van der Waals surface area contributed by atoms with Crippen molar-refractivity contribution < 1.29 is 9.59 Å². The molecule has 0 heterocycles. The number of anilines is 1. The third-order valence-electron chi connectivity index (χ3n) is 2.39. The summed E-state index contributed by atoms with van der Waals surface area (Å²) in [5, 5.41) is 0.296. The van der Waals surface area contributed by atoms with Crippen molar-refractivity contribution in [3.63, 3.8) is 0 Å². The predicted molar refractivity (Wildman–Crippen MR) is 58.3 cm³/mol. The summed E-state index contributed by atoms with van der Waals surface area (Å²) in [5.41, 5.74) is 6.81. The molecule has 0 fully saturated rings. The summed E-state index contributed by atoms with van der Waals surface area (Å²) in [4.78, 5) is 23.4. The van der Waals surface area contributed by atoms with Gasteiger partial charge < -0.3 is 5.73 Å². The van der Waals surface area contributed by atoms with Gasteiger partial charge in [0.2, 0.25) is 0 Å². The molecule has 1 aromatic carbocycles. The zero-order valence-electron chi connectivity index (χ0n) is 8.00. The monoisotopic (exact) mass is 221 g/mol. The van der Waals surface area contributed by atoms with Gasteiger partial charge in [-0.05, 0) is 25.1 Å². The molecule has 2 rings (SSSR count). The minimum absolute atomic E-state index is 0.181. The summed E-state index contributed by atoms with van der Waals surface area (Å²) in [5.74, 6) is -0.435. The minimum atomic E-state index is -0.232. The fraction of sp³-hybridized carbons (Fsp3) is 0.0909. The standard InChI is InChI=1S/C11H8ClNO2/c1-5-4-8(14)6-2-3-7(12)10(13)9(6)11(5)15/h2-4H,13H2,1H3. The van der Waals surface area contributed by atoms with Crippen molar-refractivity contribution in [3.8, 4) is 0 Å². The van der Waals surface area contributed by atoms with Crippen LogP contribution >= 0.6 is 11.6 Å². The molecule has 0 radical (unpaired) electrons. The molecule has 1 aliphatic rings. The van der Waals surface area contributed by atoms with E-state index in [1.54, 1.807) is 6.92 Å². The molecule has 0 amide bonds. The van der Waals surface area contributed by atoms with Gasteiger partial charge in [0.15, 0.2) is 11.6 Å². The number of benzene rings is 1. The molecule has 2 N–H and O–H groups in total. The first-order valence-electron chi connectivity index (χ1n) is 4.37. The van der Waals surface area contributed by atoms with E-state index >= 15 is 0 Å². The van der Waals surface area contributed by atoms with E-state index in [2.05, 4.69) is 0 Å². The van der Waals surface area contributed by atoms with Crippen LogP contribution in [0.2, 0.25) is 5.02 Å². The second kappa shape index (κ2) is 3.21. The van der Waals surface area contributed by atoms with Crippen LogP contribution in [0.4, 0.5) is 5.69 Å². The maximum Gasteiger partial charge on any atom is 0.191 e. The highest BCUT2D eigenvalue weighted by Crippen LogP contribution is 2.31. The number of nitrogen functional groups attached to an aromatic ring is 1. The lowest BCUT2D eigenvalue weighted by Gasteiger charge is -2.15. The molecule has 0 unspecified atom stereocenters. The van der Waals surface area contributed by atoms with Gasteiger partial charge in [0.05, 0.1) is 16.3 Å². The fourth-order valence-electron chi connectivity index (χ4n) is 1.58. The highest BCUT2D eigenvalue weighted by molar-refractivity contribution is 6.36. The number of hydrogen-bond donors (Lipinski definition) is 1. The van der Waals surface area contributed by atoms with E-state index in [4.69, 9.17) is 17.3 Å². The molecule has 0 saturated carbocycles. The normalized spacial score (nSPS) is 14.9. The molecule has 3 nitrogen and oxygen atoms in total. The quantitative estimate of drug-likeness (QED) is 0.684. The Morgan fingerprint density at radius 2 is 1.93 bits per heavy atom. The van der Waals surface area contributed by atoms with Gasteiger partial charge >= 0.3 is 0 Å².